The van der Waals surface area contributed by atoms with Crippen LogP contribution in [-0.2, 0) is 6.54 Å². The minimum atomic E-state index is 0.545. The van der Waals surface area contributed by atoms with Gasteiger partial charge in [0.05, 0.1) is 0 Å². The van der Waals surface area contributed by atoms with E-state index in [9.17, 15) is 0 Å². The molecule has 16 heavy (non-hydrogen) atoms. The molecule has 1 saturated carbocycles. The lowest BCUT2D eigenvalue weighted by Crippen LogP contribution is -2.27. The van der Waals surface area contributed by atoms with Crippen LogP contribution in [0.3, 0.4) is 0 Å². The Labute approximate surface area is 99.3 Å². The van der Waals surface area contributed by atoms with E-state index < -0.39 is 0 Å². The normalized spacial score (nSPS) is 23.6. The highest BCUT2D eigenvalue weighted by Crippen LogP contribution is 2.36. The van der Waals surface area contributed by atoms with Gasteiger partial charge in [-0.3, -0.25) is 0 Å². The highest BCUT2D eigenvalue weighted by Gasteiger charge is 2.30. The molecule has 1 aromatic carbocycles. The first-order valence-corrected chi connectivity index (χ1v) is 6.35. The van der Waals surface area contributed by atoms with Crippen molar-refractivity contribution < 1.29 is 0 Å². The van der Waals surface area contributed by atoms with Gasteiger partial charge < -0.3 is 5.32 Å². The lowest BCUT2D eigenvalue weighted by molar-refractivity contribution is 0.364. The zero-order chi connectivity index (χ0) is 11.6. The first-order chi connectivity index (χ1) is 7.57. The van der Waals surface area contributed by atoms with E-state index in [0.717, 1.165) is 12.6 Å². The fraction of sp³-hybridized carbons (Fsp3) is 0.600. The van der Waals surface area contributed by atoms with Gasteiger partial charge in [0.2, 0.25) is 0 Å². The predicted molar refractivity (Wildman–Crippen MR) is 69.4 cm³/mol. The van der Waals surface area contributed by atoms with Crippen LogP contribution in [-0.4, -0.2) is 6.04 Å². The summed E-state index contributed by atoms with van der Waals surface area (Å²) in [5.41, 5.74) is 3.38. The van der Waals surface area contributed by atoms with Gasteiger partial charge in [-0.05, 0) is 42.7 Å². The average Bonchev–Trinajstić information content (AvgIpc) is 2.57. The summed E-state index contributed by atoms with van der Waals surface area (Å²) in [5.74, 6) is 0. The molecule has 1 aliphatic rings. The molecule has 0 saturated heterocycles. The number of hydrogen-bond acceptors (Lipinski definition) is 1. The second-order valence-corrected chi connectivity index (χ2v) is 5.91. The minimum Gasteiger partial charge on any atom is -0.310 e. The van der Waals surface area contributed by atoms with Crippen LogP contribution in [0.1, 0.15) is 44.2 Å². The van der Waals surface area contributed by atoms with Crippen molar-refractivity contribution in [2.75, 3.05) is 0 Å². The van der Waals surface area contributed by atoms with Crippen LogP contribution in [0.4, 0.5) is 0 Å². The van der Waals surface area contributed by atoms with E-state index in [1.165, 1.54) is 30.4 Å². The summed E-state index contributed by atoms with van der Waals surface area (Å²) in [6.45, 7) is 7.97. The number of hydrogen-bond donors (Lipinski definition) is 1. The Morgan fingerprint density at radius 1 is 1.31 bits per heavy atom. The summed E-state index contributed by atoms with van der Waals surface area (Å²) in [4.78, 5) is 0. The van der Waals surface area contributed by atoms with Crippen molar-refractivity contribution in [1.29, 1.82) is 0 Å². The van der Waals surface area contributed by atoms with Gasteiger partial charge in [-0.1, -0.05) is 38.1 Å². The first kappa shape index (κ1) is 11.7. The van der Waals surface area contributed by atoms with Gasteiger partial charge in [0.1, 0.15) is 0 Å². The Morgan fingerprint density at radius 3 is 2.69 bits per heavy atom. The average molecular weight is 217 g/mol. The topological polar surface area (TPSA) is 12.0 Å². The third-order valence-corrected chi connectivity index (χ3v) is 3.81. The molecule has 1 heteroatoms. The summed E-state index contributed by atoms with van der Waals surface area (Å²) in [6, 6.07) is 9.37. The molecular formula is C15H23N. The molecule has 0 amide bonds. The molecule has 2 rings (SSSR count). The van der Waals surface area contributed by atoms with Crippen LogP contribution in [0, 0.1) is 12.3 Å². The van der Waals surface area contributed by atoms with Crippen LogP contribution in [0.25, 0.3) is 0 Å². The molecular weight excluding hydrogens is 194 g/mol. The van der Waals surface area contributed by atoms with E-state index >= 15 is 0 Å². The fourth-order valence-corrected chi connectivity index (χ4v) is 2.67. The minimum absolute atomic E-state index is 0.545. The molecule has 1 fully saturated rings. The maximum Gasteiger partial charge on any atom is 0.0210 e. The Balaban J connectivity index is 1.87. The first-order valence-electron chi connectivity index (χ1n) is 6.35. The molecule has 0 heterocycles. The smallest absolute Gasteiger partial charge is 0.0210 e. The van der Waals surface area contributed by atoms with Crippen LogP contribution >= 0.6 is 0 Å². The van der Waals surface area contributed by atoms with E-state index in [4.69, 9.17) is 0 Å². The predicted octanol–water partition coefficient (Wildman–Crippen LogP) is 3.66. The lowest BCUT2D eigenvalue weighted by atomic mass is 9.92. The third-order valence-electron chi connectivity index (χ3n) is 3.81. The van der Waals surface area contributed by atoms with Crippen LogP contribution in [0.2, 0.25) is 0 Å². The van der Waals surface area contributed by atoms with Crippen molar-refractivity contribution in [3.63, 3.8) is 0 Å². The third kappa shape index (κ3) is 2.85. The van der Waals surface area contributed by atoms with Crippen LogP contribution < -0.4 is 5.32 Å². The molecule has 88 valence electrons. The number of aryl methyl sites for hydroxylation is 1. The molecule has 0 bridgehead atoms. The van der Waals surface area contributed by atoms with Gasteiger partial charge in [-0.25, -0.2) is 0 Å². The SMILES string of the molecule is Cc1ccccc1CNC1CCC(C)(C)C1. The monoisotopic (exact) mass is 217 g/mol. The zero-order valence-electron chi connectivity index (χ0n) is 10.7. The van der Waals surface area contributed by atoms with Crippen molar-refractivity contribution >= 4 is 0 Å². The number of benzene rings is 1. The zero-order valence-corrected chi connectivity index (χ0v) is 10.7. The fourth-order valence-electron chi connectivity index (χ4n) is 2.67. The molecule has 1 aliphatic carbocycles. The van der Waals surface area contributed by atoms with Gasteiger partial charge in [-0.15, -0.1) is 0 Å². The highest BCUT2D eigenvalue weighted by atomic mass is 14.9. The molecule has 1 aromatic rings. The molecule has 1 unspecified atom stereocenters. The second-order valence-electron chi connectivity index (χ2n) is 5.91. The molecule has 0 aliphatic heterocycles. The largest absolute Gasteiger partial charge is 0.310 e. The number of nitrogens with one attached hydrogen (secondary N) is 1. The summed E-state index contributed by atoms with van der Waals surface area (Å²) >= 11 is 0. The summed E-state index contributed by atoms with van der Waals surface area (Å²) < 4.78 is 0. The van der Waals surface area contributed by atoms with Crippen molar-refractivity contribution in [3.05, 3.63) is 35.4 Å². The molecule has 0 spiro atoms. The quantitative estimate of drug-likeness (QED) is 0.814. The molecule has 1 N–H and O–H groups in total. The van der Waals surface area contributed by atoms with Gasteiger partial charge in [0.15, 0.2) is 0 Å². The Hall–Kier alpha value is -0.820. The lowest BCUT2D eigenvalue weighted by Gasteiger charge is -2.18. The van der Waals surface area contributed by atoms with Gasteiger partial charge in [0.25, 0.3) is 0 Å². The van der Waals surface area contributed by atoms with Crippen LogP contribution in [0.5, 0.6) is 0 Å². The van der Waals surface area contributed by atoms with E-state index in [2.05, 4.69) is 50.4 Å². The van der Waals surface area contributed by atoms with Crippen molar-refractivity contribution in [2.45, 2.75) is 52.6 Å². The summed E-state index contributed by atoms with van der Waals surface area (Å²) in [5, 5.41) is 3.69. The Morgan fingerprint density at radius 2 is 2.06 bits per heavy atom. The van der Waals surface area contributed by atoms with Gasteiger partial charge in [-0.2, -0.15) is 0 Å². The molecule has 0 aromatic heterocycles. The number of rotatable bonds is 3. The van der Waals surface area contributed by atoms with Crippen molar-refractivity contribution in [2.24, 2.45) is 5.41 Å². The molecule has 1 nitrogen and oxygen atoms in total. The Kier molecular flexibility index (Phi) is 3.34. The Bertz CT molecular complexity index is 354. The molecule has 0 radical (unpaired) electrons. The second kappa shape index (κ2) is 4.58. The van der Waals surface area contributed by atoms with E-state index in [1.54, 1.807) is 0 Å². The van der Waals surface area contributed by atoms with E-state index in [1.807, 2.05) is 0 Å². The summed E-state index contributed by atoms with van der Waals surface area (Å²) in [7, 11) is 0. The maximum atomic E-state index is 3.69. The van der Waals surface area contributed by atoms with Gasteiger partial charge >= 0.3 is 0 Å². The van der Waals surface area contributed by atoms with Gasteiger partial charge in [0, 0.05) is 12.6 Å². The molecule has 1 atom stereocenters. The van der Waals surface area contributed by atoms with Crippen LogP contribution in [0.15, 0.2) is 24.3 Å². The highest BCUT2D eigenvalue weighted by molar-refractivity contribution is 5.25. The van der Waals surface area contributed by atoms with E-state index in [-0.39, 0.29) is 0 Å². The standard InChI is InChI=1S/C15H23N/c1-12-6-4-5-7-13(12)11-16-14-8-9-15(2,3)10-14/h4-7,14,16H,8-11H2,1-3H3. The van der Waals surface area contributed by atoms with E-state index in [0.29, 0.717) is 5.41 Å². The van der Waals surface area contributed by atoms with Crippen molar-refractivity contribution in [1.82, 2.24) is 5.32 Å². The summed E-state index contributed by atoms with van der Waals surface area (Å²) in [6.07, 6.45) is 4.01. The maximum absolute atomic E-state index is 3.69. The van der Waals surface area contributed by atoms with Crippen molar-refractivity contribution in [3.8, 4) is 0 Å².